The first-order valence-corrected chi connectivity index (χ1v) is 5.17. The molecule has 2 amide bonds. The average Bonchev–Trinajstić information content (AvgIpc) is 2.12. The lowest BCUT2D eigenvalue weighted by atomic mass is 9.91. The van der Waals surface area contributed by atoms with Crippen molar-refractivity contribution < 1.29 is 14.3 Å². The lowest BCUT2D eigenvalue weighted by Gasteiger charge is -2.41. The number of hydrogen-bond donors (Lipinski definition) is 2. The molecule has 0 aromatic heterocycles. The normalized spacial score (nSPS) is 20.1. The zero-order valence-electron chi connectivity index (χ0n) is 9.21. The van der Waals surface area contributed by atoms with Crippen LogP contribution in [-0.4, -0.2) is 30.6 Å². The van der Waals surface area contributed by atoms with Gasteiger partial charge in [-0.25, -0.2) is 0 Å². The number of amides is 2. The maximum absolute atomic E-state index is 11.6. The Morgan fingerprint density at radius 2 is 2.13 bits per heavy atom. The van der Waals surface area contributed by atoms with E-state index in [9.17, 15) is 9.59 Å². The molecular formula is C10H18N2O3. The molecule has 0 aromatic rings. The van der Waals surface area contributed by atoms with Gasteiger partial charge in [0.25, 0.3) is 0 Å². The third-order valence-electron chi connectivity index (χ3n) is 2.72. The van der Waals surface area contributed by atoms with Crippen LogP contribution in [0.15, 0.2) is 0 Å². The van der Waals surface area contributed by atoms with Gasteiger partial charge in [-0.15, -0.1) is 0 Å². The first-order chi connectivity index (χ1) is 6.99. The lowest BCUT2D eigenvalue weighted by molar-refractivity contribution is -0.140. The van der Waals surface area contributed by atoms with Crippen LogP contribution in [0.3, 0.4) is 0 Å². The summed E-state index contributed by atoms with van der Waals surface area (Å²) in [5, 5.41) is 2.85. The molecule has 5 heteroatoms. The highest BCUT2D eigenvalue weighted by molar-refractivity contribution is 5.81. The van der Waals surface area contributed by atoms with Gasteiger partial charge in [0.1, 0.15) is 0 Å². The minimum absolute atomic E-state index is 0.0398. The number of nitrogens with two attached hydrogens (primary N) is 1. The minimum atomic E-state index is -0.549. The highest BCUT2D eigenvalue weighted by Crippen LogP contribution is 2.21. The molecule has 1 heterocycles. The van der Waals surface area contributed by atoms with E-state index in [4.69, 9.17) is 10.5 Å². The van der Waals surface area contributed by atoms with Gasteiger partial charge in [-0.05, 0) is 6.42 Å². The molecule has 1 unspecified atom stereocenters. The Kier molecular flexibility index (Phi) is 3.68. The smallest absolute Gasteiger partial charge is 0.223 e. The summed E-state index contributed by atoms with van der Waals surface area (Å²) < 4.78 is 5.03. The zero-order valence-corrected chi connectivity index (χ0v) is 9.21. The molecular weight excluding hydrogens is 196 g/mol. The summed E-state index contributed by atoms with van der Waals surface area (Å²) in [4.78, 5) is 22.5. The third kappa shape index (κ3) is 2.92. The predicted octanol–water partition coefficient (Wildman–Crippen LogP) is -0.207. The molecule has 0 bridgehead atoms. The van der Waals surface area contributed by atoms with E-state index in [2.05, 4.69) is 5.32 Å². The van der Waals surface area contributed by atoms with E-state index in [-0.39, 0.29) is 18.2 Å². The molecule has 1 aliphatic rings. The summed E-state index contributed by atoms with van der Waals surface area (Å²) in [6.07, 6.45) is 0.925. The summed E-state index contributed by atoms with van der Waals surface area (Å²) in [5.41, 5.74) is 4.58. The number of primary amides is 1. The van der Waals surface area contributed by atoms with Crippen LogP contribution >= 0.6 is 0 Å². The number of carbonyl (C=O) groups is 2. The summed E-state index contributed by atoms with van der Waals surface area (Å²) in [5.74, 6) is -0.500. The van der Waals surface area contributed by atoms with Crippen molar-refractivity contribution in [1.82, 2.24) is 5.32 Å². The molecule has 1 aliphatic heterocycles. The van der Waals surface area contributed by atoms with Crippen molar-refractivity contribution in [2.24, 2.45) is 11.7 Å². The summed E-state index contributed by atoms with van der Waals surface area (Å²) in [6, 6.07) is 0. The number of nitrogens with one attached hydrogen (secondary N) is 1. The molecule has 0 aliphatic carbocycles. The lowest BCUT2D eigenvalue weighted by Crippen LogP contribution is -2.64. The van der Waals surface area contributed by atoms with Crippen molar-refractivity contribution in [3.63, 3.8) is 0 Å². The van der Waals surface area contributed by atoms with Crippen molar-refractivity contribution in [3.05, 3.63) is 0 Å². The number of rotatable bonds is 5. The van der Waals surface area contributed by atoms with E-state index in [0.717, 1.165) is 6.42 Å². The zero-order chi connectivity index (χ0) is 11.5. The van der Waals surface area contributed by atoms with E-state index < -0.39 is 11.4 Å². The van der Waals surface area contributed by atoms with Crippen molar-refractivity contribution in [1.29, 1.82) is 0 Å². The second-order valence-corrected chi connectivity index (χ2v) is 4.21. The summed E-state index contributed by atoms with van der Waals surface area (Å²) in [7, 11) is 0. The van der Waals surface area contributed by atoms with Crippen molar-refractivity contribution in [2.75, 3.05) is 13.2 Å². The molecule has 1 saturated heterocycles. The van der Waals surface area contributed by atoms with Crippen LogP contribution in [0.1, 0.15) is 26.7 Å². The molecule has 1 rings (SSSR count). The standard InChI is InChI=1S/C10H18N2O3/c1-3-7(2)9(14)12-10(4-8(11)13)5-15-6-10/h7H,3-6H2,1-2H3,(H2,11,13)(H,12,14). The van der Waals surface area contributed by atoms with Gasteiger partial charge >= 0.3 is 0 Å². The first kappa shape index (κ1) is 12.0. The molecule has 1 fully saturated rings. The molecule has 0 spiro atoms. The van der Waals surface area contributed by atoms with Crippen LogP contribution in [0.2, 0.25) is 0 Å². The van der Waals surface area contributed by atoms with Gasteiger partial charge in [-0.2, -0.15) is 0 Å². The minimum Gasteiger partial charge on any atom is -0.376 e. The van der Waals surface area contributed by atoms with Crippen LogP contribution in [0, 0.1) is 5.92 Å². The maximum atomic E-state index is 11.6. The number of carbonyl (C=O) groups excluding carboxylic acids is 2. The van der Waals surface area contributed by atoms with Gasteiger partial charge in [0, 0.05) is 5.92 Å². The Bertz CT molecular complexity index is 261. The van der Waals surface area contributed by atoms with Gasteiger partial charge in [0.15, 0.2) is 0 Å². The first-order valence-electron chi connectivity index (χ1n) is 5.17. The monoisotopic (exact) mass is 214 g/mol. The van der Waals surface area contributed by atoms with E-state index in [1.165, 1.54) is 0 Å². The van der Waals surface area contributed by atoms with E-state index in [0.29, 0.717) is 13.2 Å². The molecule has 1 atom stereocenters. The Morgan fingerprint density at radius 1 is 1.53 bits per heavy atom. The largest absolute Gasteiger partial charge is 0.376 e. The van der Waals surface area contributed by atoms with Gasteiger partial charge in [-0.3, -0.25) is 9.59 Å². The average molecular weight is 214 g/mol. The predicted molar refractivity (Wildman–Crippen MR) is 55.0 cm³/mol. The molecule has 5 nitrogen and oxygen atoms in total. The summed E-state index contributed by atoms with van der Waals surface area (Å²) in [6.45, 7) is 4.55. The highest BCUT2D eigenvalue weighted by atomic mass is 16.5. The van der Waals surface area contributed by atoms with Crippen LogP contribution in [0.5, 0.6) is 0 Å². The van der Waals surface area contributed by atoms with E-state index in [1.54, 1.807) is 0 Å². The fraction of sp³-hybridized carbons (Fsp3) is 0.800. The van der Waals surface area contributed by atoms with Crippen molar-refractivity contribution >= 4 is 11.8 Å². The summed E-state index contributed by atoms with van der Waals surface area (Å²) >= 11 is 0. The Hall–Kier alpha value is -1.10. The van der Waals surface area contributed by atoms with Crippen LogP contribution in [-0.2, 0) is 14.3 Å². The molecule has 0 aromatic carbocycles. The highest BCUT2D eigenvalue weighted by Gasteiger charge is 2.41. The Labute approximate surface area is 89.3 Å². The van der Waals surface area contributed by atoms with E-state index in [1.807, 2.05) is 13.8 Å². The van der Waals surface area contributed by atoms with Gasteiger partial charge in [0.05, 0.1) is 25.2 Å². The number of ether oxygens (including phenoxy) is 1. The molecule has 86 valence electrons. The molecule has 15 heavy (non-hydrogen) atoms. The van der Waals surface area contributed by atoms with Crippen LogP contribution < -0.4 is 11.1 Å². The molecule has 0 saturated carbocycles. The van der Waals surface area contributed by atoms with Gasteiger partial charge < -0.3 is 15.8 Å². The fourth-order valence-electron chi connectivity index (χ4n) is 1.47. The molecule has 3 N–H and O–H groups in total. The Balaban J connectivity index is 2.53. The SMILES string of the molecule is CCC(C)C(=O)NC1(CC(N)=O)COC1. The Morgan fingerprint density at radius 3 is 2.47 bits per heavy atom. The fourth-order valence-corrected chi connectivity index (χ4v) is 1.47. The van der Waals surface area contributed by atoms with Crippen LogP contribution in [0.4, 0.5) is 0 Å². The third-order valence-corrected chi connectivity index (χ3v) is 2.72. The van der Waals surface area contributed by atoms with Gasteiger partial charge in [-0.1, -0.05) is 13.8 Å². The van der Waals surface area contributed by atoms with Crippen LogP contribution in [0.25, 0.3) is 0 Å². The second-order valence-electron chi connectivity index (χ2n) is 4.21. The van der Waals surface area contributed by atoms with Crippen molar-refractivity contribution in [3.8, 4) is 0 Å². The number of hydrogen-bond acceptors (Lipinski definition) is 3. The van der Waals surface area contributed by atoms with Gasteiger partial charge in [0.2, 0.25) is 11.8 Å². The molecule has 0 radical (unpaired) electrons. The van der Waals surface area contributed by atoms with Crippen molar-refractivity contribution in [2.45, 2.75) is 32.2 Å². The second kappa shape index (κ2) is 4.61. The topological polar surface area (TPSA) is 81.4 Å². The quantitative estimate of drug-likeness (QED) is 0.664. The maximum Gasteiger partial charge on any atom is 0.223 e. The van der Waals surface area contributed by atoms with E-state index >= 15 is 0 Å².